The van der Waals surface area contributed by atoms with E-state index in [1.54, 1.807) is 30.5 Å². The Labute approximate surface area is 128 Å². The number of hydrogen-bond acceptors (Lipinski definition) is 3. The lowest BCUT2D eigenvalue weighted by Crippen LogP contribution is -2.23. The summed E-state index contributed by atoms with van der Waals surface area (Å²) in [4.78, 5) is 15.8. The molecule has 0 spiro atoms. The first-order valence-corrected chi connectivity index (χ1v) is 6.96. The van der Waals surface area contributed by atoms with E-state index in [2.05, 4.69) is 10.3 Å². The average Bonchev–Trinajstić information content (AvgIpc) is 2.97. The normalized spacial score (nSPS) is 11.4. The van der Waals surface area contributed by atoms with Crippen molar-refractivity contribution in [3.63, 3.8) is 0 Å². The fourth-order valence-electron chi connectivity index (χ4n) is 1.77. The molecule has 4 nitrogen and oxygen atoms in total. The number of amides is 1. The SMILES string of the molecule is CC=CC=CC(=O)NCCc1coc(-c2ccc(F)cc2)n1. The van der Waals surface area contributed by atoms with Gasteiger partial charge in [0.25, 0.3) is 0 Å². The van der Waals surface area contributed by atoms with Gasteiger partial charge in [-0.2, -0.15) is 0 Å². The standard InChI is InChI=1S/C17H17FN2O2/c1-2-3-4-5-16(21)19-11-10-15-12-22-17(20-15)13-6-8-14(18)9-7-13/h2-9,12H,10-11H2,1H3,(H,19,21). The van der Waals surface area contributed by atoms with Crippen molar-refractivity contribution in [3.05, 3.63) is 66.3 Å². The number of carbonyl (C=O) groups excluding carboxylic acids is 1. The third-order valence-corrected chi connectivity index (χ3v) is 2.87. The van der Waals surface area contributed by atoms with Crippen molar-refractivity contribution in [2.45, 2.75) is 13.3 Å². The Balaban J connectivity index is 1.85. The number of aromatic nitrogens is 1. The Morgan fingerprint density at radius 3 is 2.82 bits per heavy atom. The highest BCUT2D eigenvalue weighted by atomic mass is 19.1. The van der Waals surface area contributed by atoms with E-state index in [1.165, 1.54) is 18.2 Å². The Hall–Kier alpha value is -2.69. The molecule has 0 atom stereocenters. The average molecular weight is 300 g/mol. The highest BCUT2D eigenvalue weighted by Gasteiger charge is 2.07. The number of nitrogens with zero attached hydrogens (tertiary/aromatic N) is 1. The monoisotopic (exact) mass is 300 g/mol. The fourth-order valence-corrected chi connectivity index (χ4v) is 1.77. The van der Waals surface area contributed by atoms with E-state index in [0.717, 1.165) is 5.69 Å². The number of rotatable bonds is 6. The Kier molecular flexibility index (Phi) is 5.65. The van der Waals surface area contributed by atoms with Crippen LogP contribution in [0.2, 0.25) is 0 Å². The van der Waals surface area contributed by atoms with E-state index in [-0.39, 0.29) is 11.7 Å². The number of hydrogen-bond donors (Lipinski definition) is 1. The Morgan fingerprint density at radius 1 is 1.32 bits per heavy atom. The summed E-state index contributed by atoms with van der Waals surface area (Å²) < 4.78 is 18.2. The maximum absolute atomic E-state index is 12.9. The Morgan fingerprint density at radius 2 is 2.09 bits per heavy atom. The minimum atomic E-state index is -0.302. The molecule has 5 heteroatoms. The molecule has 1 aromatic carbocycles. The molecule has 2 rings (SSSR count). The molecule has 1 aromatic heterocycles. The molecule has 0 unspecified atom stereocenters. The van der Waals surface area contributed by atoms with Crippen LogP contribution in [0.4, 0.5) is 4.39 Å². The van der Waals surface area contributed by atoms with Crippen LogP contribution in [0, 0.1) is 5.82 Å². The zero-order valence-corrected chi connectivity index (χ0v) is 12.3. The topological polar surface area (TPSA) is 55.1 Å². The molecule has 0 aliphatic heterocycles. The van der Waals surface area contributed by atoms with Crippen molar-refractivity contribution in [1.29, 1.82) is 0 Å². The van der Waals surface area contributed by atoms with Gasteiger partial charge in [-0.25, -0.2) is 9.37 Å². The molecular formula is C17H17FN2O2. The first kappa shape index (κ1) is 15.7. The van der Waals surface area contributed by atoms with Gasteiger partial charge in [-0.05, 0) is 31.2 Å². The Bertz CT molecular complexity index is 672. The predicted molar refractivity (Wildman–Crippen MR) is 82.6 cm³/mol. The number of halogens is 1. The van der Waals surface area contributed by atoms with Gasteiger partial charge >= 0.3 is 0 Å². The van der Waals surface area contributed by atoms with Crippen molar-refractivity contribution >= 4 is 5.91 Å². The molecule has 0 saturated heterocycles. The van der Waals surface area contributed by atoms with Gasteiger partial charge < -0.3 is 9.73 Å². The molecule has 0 radical (unpaired) electrons. The van der Waals surface area contributed by atoms with Crippen molar-refractivity contribution < 1.29 is 13.6 Å². The van der Waals surface area contributed by atoms with Gasteiger partial charge in [0, 0.05) is 24.6 Å². The second-order valence-corrected chi connectivity index (χ2v) is 4.58. The second-order valence-electron chi connectivity index (χ2n) is 4.58. The van der Waals surface area contributed by atoms with Crippen LogP contribution in [-0.2, 0) is 11.2 Å². The summed E-state index contributed by atoms with van der Waals surface area (Å²) in [7, 11) is 0. The molecule has 0 fully saturated rings. The van der Waals surface area contributed by atoms with Crippen LogP contribution < -0.4 is 5.32 Å². The molecule has 0 bridgehead atoms. The number of oxazole rings is 1. The van der Waals surface area contributed by atoms with E-state index in [9.17, 15) is 9.18 Å². The van der Waals surface area contributed by atoms with Crippen LogP contribution in [0.25, 0.3) is 11.5 Å². The van der Waals surface area contributed by atoms with Gasteiger partial charge in [0.05, 0.1) is 5.69 Å². The lowest BCUT2D eigenvalue weighted by Gasteiger charge is -1.98. The molecule has 1 amide bonds. The summed E-state index contributed by atoms with van der Waals surface area (Å²) in [5.41, 5.74) is 1.45. The van der Waals surface area contributed by atoms with Crippen LogP contribution in [0.15, 0.2) is 59.2 Å². The molecular weight excluding hydrogens is 283 g/mol. The van der Waals surface area contributed by atoms with Crippen molar-refractivity contribution in [2.24, 2.45) is 0 Å². The number of nitrogens with one attached hydrogen (secondary N) is 1. The molecule has 0 aliphatic carbocycles. The lowest BCUT2D eigenvalue weighted by atomic mass is 10.2. The molecule has 1 heterocycles. The summed E-state index contributed by atoms with van der Waals surface area (Å²) in [6, 6.07) is 5.94. The zero-order valence-electron chi connectivity index (χ0n) is 12.3. The first-order valence-electron chi connectivity index (χ1n) is 6.96. The zero-order chi connectivity index (χ0) is 15.8. The molecule has 1 N–H and O–H groups in total. The van der Waals surface area contributed by atoms with Gasteiger partial charge in [-0.3, -0.25) is 4.79 Å². The quantitative estimate of drug-likeness (QED) is 0.658. The van der Waals surface area contributed by atoms with E-state index >= 15 is 0 Å². The van der Waals surface area contributed by atoms with Crippen LogP contribution in [0.1, 0.15) is 12.6 Å². The van der Waals surface area contributed by atoms with Crippen LogP contribution in [-0.4, -0.2) is 17.4 Å². The minimum Gasteiger partial charge on any atom is -0.444 e. The molecule has 0 aliphatic rings. The first-order chi connectivity index (χ1) is 10.7. The van der Waals surface area contributed by atoms with Crippen LogP contribution >= 0.6 is 0 Å². The lowest BCUT2D eigenvalue weighted by molar-refractivity contribution is -0.116. The smallest absolute Gasteiger partial charge is 0.243 e. The van der Waals surface area contributed by atoms with Gasteiger partial charge in [0.15, 0.2) is 0 Å². The van der Waals surface area contributed by atoms with E-state index in [1.807, 2.05) is 13.0 Å². The third kappa shape index (κ3) is 4.70. The molecule has 2 aromatic rings. The summed E-state index contributed by atoms with van der Waals surface area (Å²) in [6.45, 7) is 2.35. The van der Waals surface area contributed by atoms with Crippen LogP contribution in [0.5, 0.6) is 0 Å². The highest BCUT2D eigenvalue weighted by molar-refractivity contribution is 5.87. The van der Waals surface area contributed by atoms with Crippen molar-refractivity contribution in [1.82, 2.24) is 10.3 Å². The third-order valence-electron chi connectivity index (χ3n) is 2.87. The largest absolute Gasteiger partial charge is 0.444 e. The van der Waals surface area contributed by atoms with Gasteiger partial charge in [0.1, 0.15) is 12.1 Å². The maximum atomic E-state index is 12.9. The van der Waals surface area contributed by atoms with Crippen molar-refractivity contribution in [2.75, 3.05) is 6.54 Å². The maximum Gasteiger partial charge on any atom is 0.243 e. The van der Waals surface area contributed by atoms with Gasteiger partial charge in [-0.1, -0.05) is 18.2 Å². The van der Waals surface area contributed by atoms with Gasteiger partial charge in [-0.15, -0.1) is 0 Å². The molecule has 0 saturated carbocycles. The summed E-state index contributed by atoms with van der Waals surface area (Å²) in [5, 5.41) is 2.76. The fraction of sp³-hybridized carbons (Fsp3) is 0.176. The van der Waals surface area contributed by atoms with Crippen LogP contribution in [0.3, 0.4) is 0 Å². The number of carbonyl (C=O) groups is 1. The van der Waals surface area contributed by atoms with E-state index < -0.39 is 0 Å². The van der Waals surface area contributed by atoms with Gasteiger partial charge in [0.2, 0.25) is 11.8 Å². The summed E-state index contributed by atoms with van der Waals surface area (Å²) in [5.74, 6) is -0.0149. The van der Waals surface area contributed by atoms with Crippen molar-refractivity contribution in [3.8, 4) is 11.5 Å². The number of allylic oxidation sites excluding steroid dienone is 3. The summed E-state index contributed by atoms with van der Waals surface area (Å²) in [6.07, 6.45) is 8.88. The summed E-state index contributed by atoms with van der Waals surface area (Å²) >= 11 is 0. The molecule has 22 heavy (non-hydrogen) atoms. The second kappa shape index (κ2) is 7.93. The number of benzene rings is 1. The predicted octanol–water partition coefficient (Wildman–Crippen LogP) is 3.27. The molecule has 114 valence electrons. The minimum absolute atomic E-state index is 0.152. The van der Waals surface area contributed by atoms with E-state index in [4.69, 9.17) is 4.42 Å². The van der Waals surface area contributed by atoms with E-state index in [0.29, 0.717) is 24.4 Å². The highest BCUT2D eigenvalue weighted by Crippen LogP contribution is 2.18.